The smallest absolute Gasteiger partial charge is 0.160 e. The lowest BCUT2D eigenvalue weighted by molar-refractivity contribution is 0.939. The third kappa shape index (κ3) is 2.06. The summed E-state index contributed by atoms with van der Waals surface area (Å²) in [5.41, 5.74) is 9.78. The number of benzene rings is 2. The van der Waals surface area contributed by atoms with Crippen LogP contribution in [0, 0.1) is 13.8 Å². The quantitative estimate of drug-likeness (QED) is 0.771. The van der Waals surface area contributed by atoms with Crippen LogP contribution in [0.15, 0.2) is 42.5 Å². The van der Waals surface area contributed by atoms with Crippen LogP contribution in [-0.2, 0) is 6.54 Å². The van der Waals surface area contributed by atoms with E-state index in [2.05, 4.69) is 34.2 Å². The van der Waals surface area contributed by atoms with Gasteiger partial charge in [0.25, 0.3) is 0 Å². The van der Waals surface area contributed by atoms with E-state index in [-0.39, 0.29) is 0 Å². The fourth-order valence-electron chi connectivity index (χ4n) is 2.58. The van der Waals surface area contributed by atoms with Crippen molar-refractivity contribution < 1.29 is 0 Å². The molecule has 0 atom stereocenters. The van der Waals surface area contributed by atoms with Gasteiger partial charge < -0.3 is 5.73 Å². The van der Waals surface area contributed by atoms with Crippen molar-refractivity contribution in [1.82, 2.24) is 9.97 Å². The average molecular weight is 263 g/mol. The highest BCUT2D eigenvalue weighted by Crippen LogP contribution is 2.27. The summed E-state index contributed by atoms with van der Waals surface area (Å²) in [6.45, 7) is 4.46. The Morgan fingerprint density at radius 1 is 0.900 bits per heavy atom. The molecule has 0 radical (unpaired) electrons. The van der Waals surface area contributed by atoms with Crippen molar-refractivity contribution in [2.45, 2.75) is 20.4 Å². The molecule has 2 N–H and O–H groups in total. The van der Waals surface area contributed by atoms with Gasteiger partial charge in [-0.25, -0.2) is 9.97 Å². The molecule has 0 saturated heterocycles. The molecule has 2 aromatic carbocycles. The lowest BCUT2D eigenvalue weighted by atomic mass is 10.0. The fourth-order valence-corrected chi connectivity index (χ4v) is 2.58. The lowest BCUT2D eigenvalue weighted by Crippen LogP contribution is -2.07. The molecule has 3 aromatic rings. The van der Waals surface area contributed by atoms with Crippen LogP contribution in [0.5, 0.6) is 0 Å². The second-order valence-electron chi connectivity index (χ2n) is 4.93. The fraction of sp³-hybridized carbons (Fsp3) is 0.176. The molecule has 3 nitrogen and oxygen atoms in total. The molecule has 20 heavy (non-hydrogen) atoms. The highest BCUT2D eigenvalue weighted by Gasteiger charge is 2.10. The minimum Gasteiger partial charge on any atom is -0.326 e. The summed E-state index contributed by atoms with van der Waals surface area (Å²) in [7, 11) is 0. The predicted molar refractivity (Wildman–Crippen MR) is 82.3 cm³/mol. The topological polar surface area (TPSA) is 51.8 Å². The van der Waals surface area contributed by atoms with Crippen LogP contribution in [0.1, 0.15) is 17.0 Å². The zero-order chi connectivity index (χ0) is 14.1. The van der Waals surface area contributed by atoms with Gasteiger partial charge in [-0.1, -0.05) is 42.5 Å². The van der Waals surface area contributed by atoms with Crippen molar-refractivity contribution in [3.8, 4) is 11.4 Å². The summed E-state index contributed by atoms with van der Waals surface area (Å²) in [5.74, 6) is 0.772. The Balaban J connectivity index is 2.26. The zero-order valence-electron chi connectivity index (χ0n) is 11.7. The second kappa shape index (κ2) is 5.02. The predicted octanol–water partition coefficient (Wildman–Crippen LogP) is 3.37. The normalized spacial score (nSPS) is 10.9. The summed E-state index contributed by atoms with van der Waals surface area (Å²) in [5, 5.41) is 2.38. The van der Waals surface area contributed by atoms with Crippen LogP contribution in [0.2, 0.25) is 0 Å². The number of fused-ring (bicyclic) bond motifs is 1. The van der Waals surface area contributed by atoms with Crippen molar-refractivity contribution in [2.75, 3.05) is 0 Å². The van der Waals surface area contributed by atoms with Gasteiger partial charge in [0.05, 0.1) is 0 Å². The van der Waals surface area contributed by atoms with Crippen LogP contribution >= 0.6 is 0 Å². The molecule has 0 unspecified atom stereocenters. The number of rotatable bonds is 2. The van der Waals surface area contributed by atoms with Crippen molar-refractivity contribution in [2.24, 2.45) is 5.73 Å². The summed E-state index contributed by atoms with van der Waals surface area (Å²) in [6.07, 6.45) is 0. The summed E-state index contributed by atoms with van der Waals surface area (Å²) >= 11 is 0. The van der Waals surface area contributed by atoms with E-state index in [1.54, 1.807) is 0 Å². The van der Waals surface area contributed by atoms with Crippen molar-refractivity contribution in [1.29, 1.82) is 0 Å². The van der Waals surface area contributed by atoms with Gasteiger partial charge in [-0.05, 0) is 24.6 Å². The molecule has 0 spiro atoms. The van der Waals surface area contributed by atoms with E-state index in [1.165, 1.54) is 10.8 Å². The maximum atomic E-state index is 5.75. The van der Waals surface area contributed by atoms with E-state index < -0.39 is 0 Å². The molecule has 1 aromatic heterocycles. The largest absolute Gasteiger partial charge is 0.326 e. The summed E-state index contributed by atoms with van der Waals surface area (Å²) in [4.78, 5) is 9.27. The first-order chi connectivity index (χ1) is 9.70. The molecule has 0 aliphatic heterocycles. The standard InChI is InChI=1S/C17H17N3/c1-11-16(10-18)12(2)20-17(19-11)15-9-5-7-13-6-3-4-8-14(13)15/h3-9H,10,18H2,1-2H3. The number of nitrogens with two attached hydrogens (primary N) is 1. The van der Waals surface area contributed by atoms with Gasteiger partial charge in [-0.15, -0.1) is 0 Å². The molecule has 0 fully saturated rings. The molecule has 0 aliphatic rings. The summed E-state index contributed by atoms with van der Waals surface area (Å²) < 4.78 is 0. The van der Waals surface area contributed by atoms with Gasteiger partial charge in [0.2, 0.25) is 0 Å². The van der Waals surface area contributed by atoms with E-state index in [0.29, 0.717) is 6.54 Å². The molecule has 0 saturated carbocycles. The molecular weight excluding hydrogens is 246 g/mol. The van der Waals surface area contributed by atoms with E-state index >= 15 is 0 Å². The van der Waals surface area contributed by atoms with E-state index in [9.17, 15) is 0 Å². The Morgan fingerprint density at radius 2 is 1.55 bits per heavy atom. The number of aryl methyl sites for hydroxylation is 2. The Labute approximate surface area is 118 Å². The molecule has 100 valence electrons. The molecule has 0 aliphatic carbocycles. The monoisotopic (exact) mass is 263 g/mol. The number of nitrogens with zero attached hydrogens (tertiary/aromatic N) is 2. The highest BCUT2D eigenvalue weighted by molar-refractivity contribution is 5.95. The average Bonchev–Trinajstić information content (AvgIpc) is 2.46. The first kappa shape index (κ1) is 12.8. The molecule has 3 heteroatoms. The Hall–Kier alpha value is -2.26. The van der Waals surface area contributed by atoms with Crippen LogP contribution < -0.4 is 5.73 Å². The van der Waals surface area contributed by atoms with E-state index in [0.717, 1.165) is 28.3 Å². The Morgan fingerprint density at radius 3 is 2.25 bits per heavy atom. The van der Waals surface area contributed by atoms with Crippen LogP contribution in [0.25, 0.3) is 22.2 Å². The third-order valence-corrected chi connectivity index (χ3v) is 3.66. The van der Waals surface area contributed by atoms with Gasteiger partial charge in [-0.2, -0.15) is 0 Å². The van der Waals surface area contributed by atoms with Gasteiger partial charge in [0.15, 0.2) is 5.82 Å². The minimum atomic E-state index is 0.480. The van der Waals surface area contributed by atoms with Gasteiger partial charge in [0, 0.05) is 29.1 Å². The minimum absolute atomic E-state index is 0.480. The van der Waals surface area contributed by atoms with Gasteiger partial charge >= 0.3 is 0 Å². The molecule has 0 bridgehead atoms. The molecule has 0 amide bonds. The van der Waals surface area contributed by atoms with E-state index in [4.69, 9.17) is 5.73 Å². The van der Waals surface area contributed by atoms with Crippen molar-refractivity contribution in [3.05, 3.63) is 59.4 Å². The SMILES string of the molecule is Cc1nc(-c2cccc3ccccc23)nc(C)c1CN. The maximum absolute atomic E-state index is 5.75. The van der Waals surface area contributed by atoms with Gasteiger partial charge in [0.1, 0.15) is 0 Å². The number of aromatic nitrogens is 2. The molecule has 1 heterocycles. The Bertz CT molecular complexity index is 750. The number of hydrogen-bond acceptors (Lipinski definition) is 3. The zero-order valence-corrected chi connectivity index (χ0v) is 11.7. The second-order valence-corrected chi connectivity index (χ2v) is 4.93. The lowest BCUT2D eigenvalue weighted by Gasteiger charge is -2.10. The summed E-state index contributed by atoms with van der Waals surface area (Å²) in [6, 6.07) is 14.5. The maximum Gasteiger partial charge on any atom is 0.160 e. The first-order valence-corrected chi connectivity index (χ1v) is 6.73. The van der Waals surface area contributed by atoms with Crippen LogP contribution in [0.3, 0.4) is 0 Å². The van der Waals surface area contributed by atoms with Crippen LogP contribution in [-0.4, -0.2) is 9.97 Å². The number of hydrogen-bond donors (Lipinski definition) is 1. The Kier molecular flexibility index (Phi) is 3.20. The van der Waals surface area contributed by atoms with Gasteiger partial charge in [-0.3, -0.25) is 0 Å². The third-order valence-electron chi connectivity index (χ3n) is 3.66. The first-order valence-electron chi connectivity index (χ1n) is 6.73. The van der Waals surface area contributed by atoms with E-state index in [1.807, 2.05) is 32.0 Å². The highest BCUT2D eigenvalue weighted by atomic mass is 14.9. The van der Waals surface area contributed by atoms with Crippen molar-refractivity contribution >= 4 is 10.8 Å². The molecular formula is C17H17N3. The van der Waals surface area contributed by atoms with Crippen LogP contribution in [0.4, 0.5) is 0 Å². The van der Waals surface area contributed by atoms with Crippen molar-refractivity contribution in [3.63, 3.8) is 0 Å². The molecule has 3 rings (SSSR count).